The van der Waals surface area contributed by atoms with Crippen LogP contribution in [0.1, 0.15) is 16.8 Å². The van der Waals surface area contributed by atoms with E-state index in [1.54, 1.807) is 24.7 Å². The maximum Gasteiger partial charge on any atom is 0.349 e. The molecule has 6 heteroatoms. The van der Waals surface area contributed by atoms with Crippen LogP contribution in [-0.4, -0.2) is 22.0 Å². The van der Waals surface area contributed by atoms with E-state index >= 15 is 0 Å². The first-order valence-corrected chi connectivity index (χ1v) is 8.42. The molecule has 4 aromatic rings. The molecule has 2 heterocycles. The summed E-state index contributed by atoms with van der Waals surface area (Å²) in [5.41, 5.74) is -0.123. The van der Waals surface area contributed by atoms with Gasteiger partial charge in [-0.05, 0) is 29.3 Å². The molecule has 130 valence electrons. The van der Waals surface area contributed by atoms with Gasteiger partial charge in [-0.1, -0.05) is 30.3 Å². The maximum absolute atomic E-state index is 12.4. The van der Waals surface area contributed by atoms with Crippen LogP contribution in [0.2, 0.25) is 0 Å². The number of aryl methyl sites for hydroxylation is 1. The minimum absolute atomic E-state index is 0.0245. The van der Waals surface area contributed by atoms with Crippen LogP contribution in [0.3, 0.4) is 0 Å². The molecule has 0 aliphatic heterocycles. The number of fused-ring (bicyclic) bond motifs is 3. The number of nitrogens with one attached hydrogen (secondary N) is 1. The van der Waals surface area contributed by atoms with E-state index in [1.165, 1.54) is 0 Å². The third kappa shape index (κ3) is 3.09. The molecule has 2 aromatic carbocycles. The highest BCUT2D eigenvalue weighted by Crippen LogP contribution is 2.24. The quantitative estimate of drug-likeness (QED) is 0.342. The summed E-state index contributed by atoms with van der Waals surface area (Å²) in [6.45, 7) is 1.21. The normalized spacial score (nSPS) is 11.1. The second-order valence-corrected chi connectivity index (χ2v) is 6.06. The lowest BCUT2D eigenvalue weighted by Crippen LogP contribution is -2.29. The van der Waals surface area contributed by atoms with Crippen LogP contribution in [0.25, 0.3) is 21.7 Å². The minimum Gasteiger partial charge on any atom is -0.422 e. The molecule has 0 saturated heterocycles. The number of benzene rings is 2. The van der Waals surface area contributed by atoms with Crippen molar-refractivity contribution in [3.05, 3.63) is 77.2 Å². The van der Waals surface area contributed by atoms with Gasteiger partial charge in [0, 0.05) is 30.9 Å². The molecule has 6 nitrogen and oxygen atoms in total. The molecule has 0 fully saturated rings. The predicted octanol–water partition coefficient (Wildman–Crippen LogP) is 2.96. The number of hydrogen-bond donors (Lipinski definition) is 1. The van der Waals surface area contributed by atoms with E-state index in [2.05, 4.69) is 10.3 Å². The Bertz CT molecular complexity index is 1130. The molecular formula is C20H17N3O3. The summed E-state index contributed by atoms with van der Waals surface area (Å²) in [6.07, 6.45) is 6.04. The average molecular weight is 347 g/mol. The highest BCUT2D eigenvalue weighted by atomic mass is 16.4. The van der Waals surface area contributed by atoms with Crippen LogP contribution < -0.4 is 10.9 Å². The van der Waals surface area contributed by atoms with E-state index < -0.39 is 11.5 Å². The summed E-state index contributed by atoms with van der Waals surface area (Å²) < 4.78 is 7.29. The van der Waals surface area contributed by atoms with E-state index in [0.717, 1.165) is 29.1 Å². The summed E-state index contributed by atoms with van der Waals surface area (Å²) in [5.74, 6) is -0.417. The van der Waals surface area contributed by atoms with Crippen LogP contribution in [0.15, 0.2) is 70.4 Å². The van der Waals surface area contributed by atoms with E-state index in [-0.39, 0.29) is 5.56 Å². The first-order chi connectivity index (χ1) is 12.7. The number of imidazole rings is 1. The molecule has 1 N–H and O–H groups in total. The van der Waals surface area contributed by atoms with Gasteiger partial charge in [0.1, 0.15) is 11.1 Å². The van der Waals surface area contributed by atoms with E-state index in [4.69, 9.17) is 4.42 Å². The lowest BCUT2D eigenvalue weighted by molar-refractivity contribution is 0.0949. The molecule has 0 spiro atoms. The Hall–Kier alpha value is -3.41. The third-order valence-electron chi connectivity index (χ3n) is 4.32. The summed E-state index contributed by atoms with van der Waals surface area (Å²) in [5, 5.41) is 5.51. The van der Waals surface area contributed by atoms with Gasteiger partial charge in [0.2, 0.25) is 0 Å². The van der Waals surface area contributed by atoms with Crippen LogP contribution >= 0.6 is 0 Å². The van der Waals surface area contributed by atoms with Crippen molar-refractivity contribution in [1.82, 2.24) is 14.9 Å². The fourth-order valence-corrected chi connectivity index (χ4v) is 3.01. The fourth-order valence-electron chi connectivity index (χ4n) is 3.01. The van der Waals surface area contributed by atoms with Crippen molar-refractivity contribution >= 4 is 27.6 Å². The number of carbonyl (C=O) groups excluding carboxylic acids is 1. The van der Waals surface area contributed by atoms with Crippen molar-refractivity contribution in [2.45, 2.75) is 13.0 Å². The van der Waals surface area contributed by atoms with E-state index in [9.17, 15) is 9.59 Å². The van der Waals surface area contributed by atoms with Crippen LogP contribution in [-0.2, 0) is 6.54 Å². The second-order valence-electron chi connectivity index (χ2n) is 6.06. The lowest BCUT2D eigenvalue weighted by atomic mass is 10.0. The van der Waals surface area contributed by atoms with Crippen LogP contribution in [0.4, 0.5) is 0 Å². The van der Waals surface area contributed by atoms with E-state index in [1.807, 2.05) is 41.1 Å². The minimum atomic E-state index is -0.625. The molecule has 0 unspecified atom stereocenters. The van der Waals surface area contributed by atoms with Gasteiger partial charge >= 0.3 is 5.63 Å². The van der Waals surface area contributed by atoms with Crippen molar-refractivity contribution in [3.63, 3.8) is 0 Å². The molecule has 0 aliphatic rings. The molecule has 0 radical (unpaired) electrons. The Kier molecular flexibility index (Phi) is 4.23. The van der Waals surface area contributed by atoms with Crippen molar-refractivity contribution < 1.29 is 9.21 Å². The fraction of sp³-hybridized carbons (Fsp3) is 0.150. The SMILES string of the molecule is O=C(NCCCn1ccnc1)c1cc2c(ccc3ccccc32)oc1=O. The average Bonchev–Trinajstić information content (AvgIpc) is 3.18. The first-order valence-electron chi connectivity index (χ1n) is 8.42. The van der Waals surface area contributed by atoms with Gasteiger partial charge in [-0.3, -0.25) is 4.79 Å². The number of carbonyl (C=O) groups is 1. The standard InChI is InChI=1S/C20H17N3O3/c24-19(22-8-3-10-23-11-9-21-13-23)17-12-16-15-5-2-1-4-14(15)6-7-18(16)26-20(17)25/h1-2,4-7,9,11-13H,3,8,10H2,(H,22,24). The lowest BCUT2D eigenvalue weighted by Gasteiger charge is -2.07. The van der Waals surface area contributed by atoms with E-state index in [0.29, 0.717) is 12.1 Å². The molecular weight excluding hydrogens is 330 g/mol. The molecule has 0 atom stereocenters. The number of nitrogens with zero attached hydrogens (tertiary/aromatic N) is 2. The molecule has 26 heavy (non-hydrogen) atoms. The summed E-state index contributed by atoms with van der Waals surface area (Å²) in [4.78, 5) is 28.6. The van der Waals surface area contributed by atoms with Gasteiger partial charge in [0.15, 0.2) is 0 Å². The van der Waals surface area contributed by atoms with Gasteiger partial charge in [-0.25, -0.2) is 9.78 Å². The predicted molar refractivity (Wildman–Crippen MR) is 99.2 cm³/mol. The van der Waals surface area contributed by atoms with Gasteiger partial charge < -0.3 is 14.3 Å². The Balaban J connectivity index is 1.57. The topological polar surface area (TPSA) is 77.1 Å². The Labute approximate surface area is 149 Å². The highest BCUT2D eigenvalue weighted by molar-refractivity contribution is 6.07. The molecule has 4 rings (SSSR count). The highest BCUT2D eigenvalue weighted by Gasteiger charge is 2.14. The Morgan fingerprint density at radius 1 is 1.15 bits per heavy atom. The van der Waals surface area contributed by atoms with Crippen LogP contribution in [0, 0.1) is 0 Å². The van der Waals surface area contributed by atoms with Gasteiger partial charge in [0.25, 0.3) is 5.91 Å². The number of hydrogen-bond acceptors (Lipinski definition) is 4. The Morgan fingerprint density at radius 2 is 2.04 bits per heavy atom. The van der Waals surface area contributed by atoms with Gasteiger partial charge in [-0.2, -0.15) is 0 Å². The second kappa shape index (κ2) is 6.84. The molecule has 0 saturated carbocycles. The third-order valence-corrected chi connectivity index (χ3v) is 4.32. The van der Waals surface area contributed by atoms with Crippen molar-refractivity contribution in [1.29, 1.82) is 0 Å². The maximum atomic E-state index is 12.4. The summed E-state index contributed by atoms with van der Waals surface area (Å²) in [7, 11) is 0. The van der Waals surface area contributed by atoms with Crippen molar-refractivity contribution in [2.24, 2.45) is 0 Å². The first kappa shape index (κ1) is 16.1. The summed E-state index contributed by atoms with van der Waals surface area (Å²) >= 11 is 0. The molecule has 0 aliphatic carbocycles. The monoisotopic (exact) mass is 347 g/mol. The molecule has 0 bridgehead atoms. The number of aromatic nitrogens is 2. The number of rotatable bonds is 5. The molecule has 1 amide bonds. The van der Waals surface area contributed by atoms with Crippen molar-refractivity contribution in [2.75, 3.05) is 6.54 Å². The van der Waals surface area contributed by atoms with Crippen LogP contribution in [0.5, 0.6) is 0 Å². The zero-order valence-corrected chi connectivity index (χ0v) is 14.0. The van der Waals surface area contributed by atoms with Crippen molar-refractivity contribution in [3.8, 4) is 0 Å². The summed E-state index contributed by atoms with van der Waals surface area (Å²) in [6, 6.07) is 13.1. The Morgan fingerprint density at radius 3 is 2.88 bits per heavy atom. The zero-order chi connectivity index (χ0) is 17.9. The zero-order valence-electron chi connectivity index (χ0n) is 14.0. The smallest absolute Gasteiger partial charge is 0.349 e. The largest absolute Gasteiger partial charge is 0.422 e. The number of amides is 1. The van der Waals surface area contributed by atoms with Gasteiger partial charge in [-0.15, -0.1) is 0 Å². The van der Waals surface area contributed by atoms with Gasteiger partial charge in [0.05, 0.1) is 6.33 Å². The molecule has 2 aromatic heterocycles.